The lowest BCUT2D eigenvalue weighted by Gasteiger charge is -2.25. The molecule has 0 bridgehead atoms. The van der Waals surface area contributed by atoms with E-state index in [0.29, 0.717) is 31.2 Å². The van der Waals surface area contributed by atoms with Crippen LogP contribution in [0.4, 0.5) is 13.2 Å². The Labute approximate surface area is 143 Å². The smallest absolute Gasteiger partial charge is 0.422 e. The van der Waals surface area contributed by atoms with Crippen LogP contribution in [0.5, 0.6) is 5.75 Å². The molecule has 8 heteroatoms. The molecule has 0 aromatic heterocycles. The van der Waals surface area contributed by atoms with Crippen LogP contribution in [0.25, 0.3) is 0 Å². The van der Waals surface area contributed by atoms with E-state index in [1.165, 1.54) is 6.07 Å². The summed E-state index contributed by atoms with van der Waals surface area (Å²) in [6, 6.07) is 6.23. The first kappa shape index (κ1) is 19.1. The molecule has 0 atom stereocenters. The highest BCUT2D eigenvalue weighted by Gasteiger charge is 2.30. The minimum absolute atomic E-state index is 0.0612. The summed E-state index contributed by atoms with van der Waals surface area (Å²) in [6.45, 7) is -1.33. The summed E-state index contributed by atoms with van der Waals surface area (Å²) in [4.78, 5) is 23.1. The zero-order valence-electron chi connectivity index (χ0n) is 13.5. The van der Waals surface area contributed by atoms with Crippen LogP contribution in [0.1, 0.15) is 31.2 Å². The molecule has 0 unspecified atom stereocenters. The minimum atomic E-state index is -4.43. The molecule has 1 amide bonds. The highest BCUT2D eigenvalue weighted by Crippen LogP contribution is 2.29. The second kappa shape index (κ2) is 8.22. The largest absolute Gasteiger partial charge is 0.484 e. The fourth-order valence-corrected chi connectivity index (χ4v) is 2.88. The lowest BCUT2D eigenvalue weighted by molar-refractivity contribution is -0.153. The van der Waals surface area contributed by atoms with Crippen molar-refractivity contribution in [2.45, 2.75) is 38.4 Å². The van der Waals surface area contributed by atoms with Gasteiger partial charge in [-0.25, -0.2) is 0 Å². The first-order valence-electron chi connectivity index (χ1n) is 8.04. The lowest BCUT2D eigenvalue weighted by atomic mass is 9.81. The molecule has 138 valence electrons. The molecule has 1 fully saturated rings. The first-order valence-corrected chi connectivity index (χ1v) is 8.04. The van der Waals surface area contributed by atoms with E-state index in [9.17, 15) is 22.8 Å². The molecule has 1 aromatic carbocycles. The summed E-state index contributed by atoms with van der Waals surface area (Å²) in [7, 11) is 0. The fourth-order valence-electron chi connectivity index (χ4n) is 2.88. The van der Waals surface area contributed by atoms with E-state index in [-0.39, 0.29) is 24.1 Å². The van der Waals surface area contributed by atoms with Gasteiger partial charge >= 0.3 is 12.1 Å². The zero-order chi connectivity index (χ0) is 18.4. The first-order chi connectivity index (χ1) is 11.8. The number of para-hydroxylation sites is 1. The van der Waals surface area contributed by atoms with Crippen LogP contribution in [0.2, 0.25) is 0 Å². The number of carboxylic acid groups (broad SMARTS) is 1. The Bertz CT molecular complexity index is 610. The third-order valence-electron chi connectivity index (χ3n) is 4.26. The molecule has 0 heterocycles. The molecule has 0 radical (unpaired) electrons. The summed E-state index contributed by atoms with van der Waals surface area (Å²) in [6.07, 6.45) is -2.53. The van der Waals surface area contributed by atoms with E-state index in [1.807, 2.05) is 0 Å². The number of alkyl halides is 3. The number of rotatable bonds is 6. The maximum absolute atomic E-state index is 12.3. The SMILES string of the molecule is O=C(O)C1CCC(C(=O)NCc2ccccc2OCC(F)(F)F)CC1. The van der Waals surface area contributed by atoms with Crippen molar-refractivity contribution >= 4 is 11.9 Å². The predicted molar refractivity (Wildman–Crippen MR) is 82.9 cm³/mol. The van der Waals surface area contributed by atoms with Crippen LogP contribution in [0.3, 0.4) is 0 Å². The van der Waals surface area contributed by atoms with Gasteiger partial charge in [0, 0.05) is 18.0 Å². The van der Waals surface area contributed by atoms with Crippen LogP contribution < -0.4 is 10.1 Å². The van der Waals surface area contributed by atoms with Crippen molar-refractivity contribution < 1.29 is 32.6 Å². The Hall–Kier alpha value is -2.25. The molecule has 0 spiro atoms. The van der Waals surface area contributed by atoms with Gasteiger partial charge in [-0.2, -0.15) is 13.2 Å². The van der Waals surface area contributed by atoms with Gasteiger partial charge < -0.3 is 15.2 Å². The Morgan fingerprint density at radius 2 is 1.72 bits per heavy atom. The molecule has 1 saturated carbocycles. The van der Waals surface area contributed by atoms with E-state index in [0.717, 1.165) is 0 Å². The highest BCUT2D eigenvalue weighted by molar-refractivity contribution is 5.79. The topological polar surface area (TPSA) is 75.6 Å². The van der Waals surface area contributed by atoms with Gasteiger partial charge in [-0.15, -0.1) is 0 Å². The number of carbonyl (C=O) groups is 2. The van der Waals surface area contributed by atoms with Crippen molar-refractivity contribution in [3.63, 3.8) is 0 Å². The van der Waals surface area contributed by atoms with Crippen molar-refractivity contribution in [3.05, 3.63) is 29.8 Å². The van der Waals surface area contributed by atoms with E-state index in [1.54, 1.807) is 18.2 Å². The molecule has 1 aliphatic rings. The Morgan fingerprint density at radius 3 is 2.32 bits per heavy atom. The maximum atomic E-state index is 12.3. The van der Waals surface area contributed by atoms with Gasteiger partial charge in [-0.3, -0.25) is 9.59 Å². The summed E-state index contributed by atoms with van der Waals surface area (Å²) in [5.41, 5.74) is 0.458. The number of aliphatic carboxylic acids is 1. The van der Waals surface area contributed by atoms with Crippen LogP contribution in [0, 0.1) is 11.8 Å². The molecule has 0 saturated heterocycles. The number of ether oxygens (including phenoxy) is 1. The molecule has 5 nitrogen and oxygen atoms in total. The molecular formula is C17H20F3NO4. The number of carboxylic acids is 1. The van der Waals surface area contributed by atoms with Crippen molar-refractivity contribution in [2.24, 2.45) is 11.8 Å². The van der Waals surface area contributed by atoms with Gasteiger partial charge in [0.2, 0.25) is 5.91 Å². The second-order valence-electron chi connectivity index (χ2n) is 6.12. The van der Waals surface area contributed by atoms with Crippen LogP contribution >= 0.6 is 0 Å². The van der Waals surface area contributed by atoms with E-state index in [4.69, 9.17) is 9.84 Å². The second-order valence-corrected chi connectivity index (χ2v) is 6.12. The predicted octanol–water partition coefficient (Wildman–Crippen LogP) is 3.13. The Morgan fingerprint density at radius 1 is 1.12 bits per heavy atom. The number of carbonyl (C=O) groups excluding carboxylic acids is 1. The Balaban J connectivity index is 1.87. The number of hydrogen-bond acceptors (Lipinski definition) is 3. The van der Waals surface area contributed by atoms with Gasteiger partial charge in [0.05, 0.1) is 5.92 Å². The molecule has 25 heavy (non-hydrogen) atoms. The van der Waals surface area contributed by atoms with Crippen LogP contribution in [-0.4, -0.2) is 29.8 Å². The molecular weight excluding hydrogens is 339 g/mol. The van der Waals surface area contributed by atoms with Gasteiger partial charge in [0.1, 0.15) is 5.75 Å². The van der Waals surface area contributed by atoms with Crippen LogP contribution in [0.15, 0.2) is 24.3 Å². The molecule has 1 aliphatic carbocycles. The minimum Gasteiger partial charge on any atom is -0.484 e. The number of amides is 1. The van der Waals surface area contributed by atoms with Crippen LogP contribution in [-0.2, 0) is 16.1 Å². The molecule has 1 aromatic rings. The zero-order valence-corrected chi connectivity index (χ0v) is 13.5. The summed E-state index contributed by atoms with van der Waals surface area (Å²) in [5, 5.41) is 11.7. The Kier molecular flexibility index (Phi) is 6.27. The third kappa shape index (κ3) is 5.95. The number of benzene rings is 1. The van der Waals surface area contributed by atoms with E-state index >= 15 is 0 Å². The quantitative estimate of drug-likeness (QED) is 0.818. The monoisotopic (exact) mass is 359 g/mol. The number of hydrogen-bond donors (Lipinski definition) is 2. The highest BCUT2D eigenvalue weighted by atomic mass is 19.4. The van der Waals surface area contributed by atoms with Crippen molar-refractivity contribution in [1.29, 1.82) is 0 Å². The summed E-state index contributed by atoms with van der Waals surface area (Å²) < 4.78 is 41.6. The molecule has 2 N–H and O–H groups in total. The van der Waals surface area contributed by atoms with Crippen molar-refractivity contribution in [1.82, 2.24) is 5.32 Å². The molecule has 2 rings (SSSR count). The lowest BCUT2D eigenvalue weighted by Crippen LogP contribution is -2.34. The number of nitrogens with one attached hydrogen (secondary N) is 1. The third-order valence-corrected chi connectivity index (χ3v) is 4.26. The van der Waals surface area contributed by atoms with Crippen molar-refractivity contribution in [2.75, 3.05) is 6.61 Å². The van der Waals surface area contributed by atoms with E-state index in [2.05, 4.69) is 5.32 Å². The average molecular weight is 359 g/mol. The van der Waals surface area contributed by atoms with Gasteiger partial charge in [-0.1, -0.05) is 18.2 Å². The maximum Gasteiger partial charge on any atom is 0.422 e. The normalized spacial score (nSPS) is 20.8. The number of halogens is 3. The van der Waals surface area contributed by atoms with Gasteiger partial charge in [0.15, 0.2) is 6.61 Å². The van der Waals surface area contributed by atoms with Gasteiger partial charge in [0.25, 0.3) is 0 Å². The average Bonchev–Trinajstić information content (AvgIpc) is 2.58. The van der Waals surface area contributed by atoms with E-state index < -0.39 is 24.7 Å². The summed E-state index contributed by atoms with van der Waals surface area (Å²) >= 11 is 0. The van der Waals surface area contributed by atoms with Gasteiger partial charge in [-0.05, 0) is 31.7 Å². The molecule has 0 aliphatic heterocycles. The standard InChI is InChI=1S/C17H20F3NO4/c18-17(19,20)10-25-14-4-2-1-3-13(14)9-21-15(22)11-5-7-12(8-6-11)16(23)24/h1-4,11-12H,5-10H2,(H,21,22)(H,23,24). The summed E-state index contributed by atoms with van der Waals surface area (Å²) in [5.74, 6) is -1.64. The van der Waals surface area contributed by atoms with Crippen molar-refractivity contribution in [3.8, 4) is 5.75 Å². The fraction of sp³-hybridized carbons (Fsp3) is 0.529.